The van der Waals surface area contributed by atoms with E-state index in [4.69, 9.17) is 16.2 Å². The predicted molar refractivity (Wildman–Crippen MR) is 64.3 cm³/mol. The molecule has 2 aromatic rings. The van der Waals surface area contributed by atoms with Crippen molar-refractivity contribution < 1.29 is 4.74 Å². The van der Waals surface area contributed by atoms with Crippen molar-refractivity contribution in [3.63, 3.8) is 0 Å². The van der Waals surface area contributed by atoms with E-state index in [9.17, 15) is 0 Å². The molecule has 88 valence electrons. The number of ether oxygens (including phenoxy) is 1. The Bertz CT molecular complexity index is 468. The number of nitrogens with two attached hydrogens (primary N) is 2. The molecule has 0 unspecified atom stereocenters. The zero-order valence-corrected chi connectivity index (χ0v) is 9.21. The summed E-state index contributed by atoms with van der Waals surface area (Å²) in [7, 11) is 0. The molecule has 0 spiro atoms. The van der Waals surface area contributed by atoms with Crippen molar-refractivity contribution in [2.24, 2.45) is 0 Å². The highest BCUT2D eigenvalue weighted by Gasteiger charge is 2.02. The van der Waals surface area contributed by atoms with Crippen LogP contribution < -0.4 is 16.2 Å². The smallest absolute Gasteiger partial charge is 0.225 e. The largest absolute Gasteiger partial charge is 0.493 e. The van der Waals surface area contributed by atoms with Crippen LogP contribution in [0, 0.1) is 0 Å². The first-order valence-electron chi connectivity index (χ1n) is 5.18. The molecule has 1 heterocycles. The Morgan fingerprint density at radius 2 is 1.59 bits per heavy atom. The number of benzene rings is 1. The van der Waals surface area contributed by atoms with E-state index in [0.29, 0.717) is 18.9 Å². The molecule has 6 heteroatoms. The van der Waals surface area contributed by atoms with Gasteiger partial charge in [-0.3, -0.25) is 0 Å². The van der Waals surface area contributed by atoms with Gasteiger partial charge in [0.25, 0.3) is 0 Å². The molecule has 0 saturated carbocycles. The van der Waals surface area contributed by atoms with Crippen LogP contribution >= 0.6 is 0 Å². The van der Waals surface area contributed by atoms with Gasteiger partial charge in [-0.1, -0.05) is 18.2 Å². The third-order valence-corrected chi connectivity index (χ3v) is 2.05. The maximum atomic E-state index is 5.51. The number of aromatic nitrogens is 3. The maximum absolute atomic E-state index is 5.51. The van der Waals surface area contributed by atoms with Crippen molar-refractivity contribution in [2.75, 3.05) is 18.1 Å². The van der Waals surface area contributed by atoms with Gasteiger partial charge < -0.3 is 16.2 Å². The highest BCUT2D eigenvalue weighted by atomic mass is 16.5. The summed E-state index contributed by atoms with van der Waals surface area (Å²) in [5.41, 5.74) is 10.9. The quantitative estimate of drug-likeness (QED) is 0.801. The van der Waals surface area contributed by atoms with Gasteiger partial charge in [-0.05, 0) is 12.1 Å². The summed E-state index contributed by atoms with van der Waals surface area (Å²) >= 11 is 0. The van der Waals surface area contributed by atoms with Crippen LogP contribution in [0.2, 0.25) is 0 Å². The minimum atomic E-state index is 0.132. The SMILES string of the molecule is Nc1nc(N)nc(CCOc2ccccc2)n1. The molecule has 1 aromatic heterocycles. The Balaban J connectivity index is 1.90. The summed E-state index contributed by atoms with van der Waals surface area (Å²) in [4.78, 5) is 11.6. The number of hydrogen-bond donors (Lipinski definition) is 2. The van der Waals surface area contributed by atoms with E-state index < -0.39 is 0 Å². The van der Waals surface area contributed by atoms with Crippen LogP contribution in [-0.2, 0) is 6.42 Å². The van der Waals surface area contributed by atoms with E-state index in [1.54, 1.807) is 0 Å². The zero-order valence-electron chi connectivity index (χ0n) is 9.21. The molecule has 0 fully saturated rings. The molecule has 0 amide bonds. The molecular weight excluding hydrogens is 218 g/mol. The van der Waals surface area contributed by atoms with Gasteiger partial charge in [0, 0.05) is 6.42 Å². The molecule has 6 nitrogen and oxygen atoms in total. The number of nitrogens with zero attached hydrogens (tertiary/aromatic N) is 3. The minimum absolute atomic E-state index is 0.132. The lowest BCUT2D eigenvalue weighted by Crippen LogP contribution is -2.10. The second kappa shape index (κ2) is 5.11. The standard InChI is InChI=1S/C11H13N5O/c12-10-14-9(15-11(13)16-10)6-7-17-8-4-2-1-3-5-8/h1-5H,6-7H2,(H4,12,13,14,15,16). The summed E-state index contributed by atoms with van der Waals surface area (Å²) < 4.78 is 5.51. The van der Waals surface area contributed by atoms with Crippen LogP contribution in [0.1, 0.15) is 5.82 Å². The fourth-order valence-electron chi connectivity index (χ4n) is 1.35. The molecule has 0 atom stereocenters. The van der Waals surface area contributed by atoms with Gasteiger partial charge in [0.05, 0.1) is 6.61 Å². The highest BCUT2D eigenvalue weighted by Crippen LogP contribution is 2.08. The van der Waals surface area contributed by atoms with Gasteiger partial charge in [0.1, 0.15) is 11.6 Å². The maximum Gasteiger partial charge on any atom is 0.225 e. The molecule has 0 aliphatic carbocycles. The molecular formula is C11H13N5O. The van der Waals surface area contributed by atoms with Crippen molar-refractivity contribution in [2.45, 2.75) is 6.42 Å². The molecule has 2 rings (SSSR count). The van der Waals surface area contributed by atoms with E-state index in [1.807, 2.05) is 30.3 Å². The Hall–Kier alpha value is -2.37. The van der Waals surface area contributed by atoms with Gasteiger partial charge in [-0.25, -0.2) is 0 Å². The van der Waals surface area contributed by atoms with E-state index >= 15 is 0 Å². The van der Waals surface area contributed by atoms with Crippen molar-refractivity contribution in [1.82, 2.24) is 15.0 Å². The summed E-state index contributed by atoms with van der Waals surface area (Å²) in [6.45, 7) is 0.465. The van der Waals surface area contributed by atoms with Crippen LogP contribution in [0.5, 0.6) is 5.75 Å². The topological polar surface area (TPSA) is 99.9 Å². The second-order valence-electron chi connectivity index (χ2n) is 3.38. The zero-order chi connectivity index (χ0) is 12.1. The van der Waals surface area contributed by atoms with Crippen molar-refractivity contribution >= 4 is 11.9 Å². The lowest BCUT2D eigenvalue weighted by atomic mass is 10.3. The number of para-hydroxylation sites is 1. The normalized spacial score (nSPS) is 10.1. The molecule has 17 heavy (non-hydrogen) atoms. The van der Waals surface area contributed by atoms with Crippen LogP contribution in [0.4, 0.5) is 11.9 Å². The Morgan fingerprint density at radius 1 is 0.941 bits per heavy atom. The van der Waals surface area contributed by atoms with E-state index in [1.165, 1.54) is 0 Å². The first-order valence-corrected chi connectivity index (χ1v) is 5.18. The average molecular weight is 231 g/mol. The van der Waals surface area contributed by atoms with Gasteiger partial charge in [-0.15, -0.1) is 0 Å². The average Bonchev–Trinajstić information content (AvgIpc) is 2.29. The second-order valence-corrected chi connectivity index (χ2v) is 3.38. The van der Waals surface area contributed by atoms with Crippen LogP contribution in [-0.4, -0.2) is 21.6 Å². The van der Waals surface area contributed by atoms with Crippen LogP contribution in [0.15, 0.2) is 30.3 Å². The summed E-state index contributed by atoms with van der Waals surface area (Å²) in [6.07, 6.45) is 0.534. The van der Waals surface area contributed by atoms with Crippen LogP contribution in [0.3, 0.4) is 0 Å². The Kier molecular flexibility index (Phi) is 3.34. The number of anilines is 2. The lowest BCUT2D eigenvalue weighted by molar-refractivity contribution is 0.319. The Morgan fingerprint density at radius 3 is 2.24 bits per heavy atom. The molecule has 4 N–H and O–H groups in total. The summed E-state index contributed by atoms with van der Waals surface area (Å²) in [6, 6.07) is 9.52. The van der Waals surface area contributed by atoms with E-state index in [-0.39, 0.29) is 11.9 Å². The minimum Gasteiger partial charge on any atom is -0.493 e. The Labute approximate surface area is 98.7 Å². The lowest BCUT2D eigenvalue weighted by Gasteiger charge is -2.05. The molecule has 1 aromatic carbocycles. The molecule has 0 aliphatic heterocycles. The van der Waals surface area contributed by atoms with Crippen molar-refractivity contribution in [3.8, 4) is 5.75 Å². The first-order chi connectivity index (χ1) is 8.24. The molecule has 0 saturated heterocycles. The number of hydrogen-bond acceptors (Lipinski definition) is 6. The van der Waals surface area contributed by atoms with E-state index in [0.717, 1.165) is 5.75 Å². The fourth-order valence-corrected chi connectivity index (χ4v) is 1.35. The van der Waals surface area contributed by atoms with Gasteiger partial charge in [-0.2, -0.15) is 15.0 Å². The van der Waals surface area contributed by atoms with Gasteiger partial charge in [0.15, 0.2) is 0 Å². The van der Waals surface area contributed by atoms with Crippen molar-refractivity contribution in [1.29, 1.82) is 0 Å². The van der Waals surface area contributed by atoms with Crippen LogP contribution in [0.25, 0.3) is 0 Å². The monoisotopic (exact) mass is 231 g/mol. The molecule has 0 aliphatic rings. The number of nitrogen functional groups attached to an aromatic ring is 2. The molecule has 0 bridgehead atoms. The summed E-state index contributed by atoms with van der Waals surface area (Å²) in [5.74, 6) is 1.60. The van der Waals surface area contributed by atoms with E-state index in [2.05, 4.69) is 15.0 Å². The van der Waals surface area contributed by atoms with Gasteiger partial charge in [0.2, 0.25) is 11.9 Å². The van der Waals surface area contributed by atoms with Crippen molar-refractivity contribution in [3.05, 3.63) is 36.2 Å². The number of rotatable bonds is 4. The third kappa shape index (κ3) is 3.30. The fraction of sp³-hybridized carbons (Fsp3) is 0.182. The highest BCUT2D eigenvalue weighted by molar-refractivity contribution is 5.26. The summed E-state index contributed by atoms with van der Waals surface area (Å²) in [5, 5.41) is 0. The predicted octanol–water partition coefficient (Wildman–Crippen LogP) is 0.657. The molecule has 0 radical (unpaired) electrons. The first kappa shape index (κ1) is 11.1. The third-order valence-electron chi connectivity index (χ3n) is 2.05. The van der Waals surface area contributed by atoms with Gasteiger partial charge >= 0.3 is 0 Å².